The van der Waals surface area contributed by atoms with E-state index in [4.69, 9.17) is 4.52 Å². The second-order valence-corrected chi connectivity index (χ2v) is 5.29. The van der Waals surface area contributed by atoms with E-state index < -0.39 is 11.7 Å². The van der Waals surface area contributed by atoms with Crippen molar-refractivity contribution in [1.82, 2.24) is 5.16 Å². The number of nitrogens with zero attached hydrogens (tertiary/aromatic N) is 1. The number of hydrogen-bond donors (Lipinski definition) is 0. The maximum atomic E-state index is 12.6. The van der Waals surface area contributed by atoms with Crippen LogP contribution in [0.3, 0.4) is 0 Å². The smallest absolute Gasteiger partial charge is 0.356 e. The number of rotatable bonds is 3. The average molecular weight is 361 g/mol. The number of carbonyl (C=O) groups excluding carboxylic acids is 1. The second-order valence-electron chi connectivity index (χ2n) is 5.29. The lowest BCUT2D eigenvalue weighted by Crippen LogP contribution is -2.03. The monoisotopic (exact) mass is 361 g/mol. The minimum Gasteiger partial charge on any atom is -0.356 e. The van der Waals surface area contributed by atoms with Crippen LogP contribution in [0, 0.1) is 0 Å². The molecule has 2 aromatic carbocycles. The van der Waals surface area contributed by atoms with Crippen LogP contribution in [0.15, 0.2) is 59.1 Å². The highest BCUT2D eigenvalue weighted by Gasteiger charge is 2.30. The summed E-state index contributed by atoms with van der Waals surface area (Å²) in [5.74, 6) is 0.335. The average Bonchev–Trinajstić information content (AvgIpc) is 3.13. The Balaban J connectivity index is 0.00000117. The Labute approximate surface area is 149 Å². The fourth-order valence-corrected chi connectivity index (χ4v) is 2.25. The molecule has 0 atom stereocenters. The van der Waals surface area contributed by atoms with Crippen molar-refractivity contribution in [3.05, 3.63) is 65.7 Å². The first-order valence-electron chi connectivity index (χ1n) is 8.10. The molecule has 0 aliphatic carbocycles. The van der Waals surface area contributed by atoms with Gasteiger partial charge in [-0.15, -0.1) is 0 Å². The number of aromatic nitrogens is 1. The van der Waals surface area contributed by atoms with Crippen molar-refractivity contribution < 1.29 is 22.5 Å². The van der Waals surface area contributed by atoms with Gasteiger partial charge in [0.2, 0.25) is 0 Å². The first-order chi connectivity index (χ1) is 12.3. The van der Waals surface area contributed by atoms with Crippen LogP contribution in [-0.4, -0.2) is 10.9 Å². The molecular formula is C20H18F3NO2. The van der Waals surface area contributed by atoms with Gasteiger partial charge in [0.25, 0.3) is 0 Å². The normalized spacial score (nSPS) is 10.8. The van der Waals surface area contributed by atoms with E-state index in [1.807, 2.05) is 13.8 Å². The van der Waals surface area contributed by atoms with Gasteiger partial charge >= 0.3 is 6.18 Å². The summed E-state index contributed by atoms with van der Waals surface area (Å²) >= 11 is 0. The minimum absolute atomic E-state index is 0.0350. The number of halogens is 3. The molecule has 0 N–H and O–H groups in total. The molecule has 0 saturated heterocycles. The third-order valence-corrected chi connectivity index (χ3v) is 3.59. The van der Waals surface area contributed by atoms with Crippen molar-refractivity contribution in [3.8, 4) is 22.6 Å². The van der Waals surface area contributed by atoms with Crippen LogP contribution in [0.1, 0.15) is 36.7 Å². The minimum atomic E-state index is -4.37. The largest absolute Gasteiger partial charge is 0.416 e. The molecule has 3 aromatic rings. The molecule has 0 saturated carbocycles. The van der Waals surface area contributed by atoms with E-state index in [-0.39, 0.29) is 5.78 Å². The Morgan fingerprint density at radius 2 is 1.46 bits per heavy atom. The number of carbonyl (C=O) groups is 1. The van der Waals surface area contributed by atoms with Crippen molar-refractivity contribution in [2.75, 3.05) is 0 Å². The van der Waals surface area contributed by atoms with Gasteiger partial charge in [-0.1, -0.05) is 55.4 Å². The maximum absolute atomic E-state index is 12.6. The van der Waals surface area contributed by atoms with Crippen molar-refractivity contribution in [2.24, 2.45) is 0 Å². The van der Waals surface area contributed by atoms with Crippen LogP contribution >= 0.6 is 0 Å². The standard InChI is InChI=1S/C18H12F3NO2.C2H6/c1-11(23)12-2-4-13(5-3-12)16-10-17(24-22-16)14-6-8-15(9-7-14)18(19,20)21;1-2/h2-10H,1H3;1-2H3. The molecule has 0 unspecified atom stereocenters. The van der Waals surface area contributed by atoms with Crippen LogP contribution < -0.4 is 0 Å². The second kappa shape index (κ2) is 7.99. The van der Waals surface area contributed by atoms with E-state index >= 15 is 0 Å². The molecule has 0 aliphatic heterocycles. The number of ketones is 1. The molecule has 0 bridgehead atoms. The van der Waals surface area contributed by atoms with Crippen LogP contribution in [-0.2, 0) is 6.18 Å². The van der Waals surface area contributed by atoms with Gasteiger partial charge in [0.1, 0.15) is 5.69 Å². The van der Waals surface area contributed by atoms with Gasteiger partial charge in [0.15, 0.2) is 11.5 Å². The zero-order valence-corrected chi connectivity index (χ0v) is 14.6. The maximum Gasteiger partial charge on any atom is 0.416 e. The Hall–Kier alpha value is -2.89. The van der Waals surface area contributed by atoms with Crippen LogP contribution in [0.2, 0.25) is 0 Å². The van der Waals surface area contributed by atoms with Gasteiger partial charge < -0.3 is 4.52 Å². The SMILES string of the molecule is CC.CC(=O)c1ccc(-c2cc(-c3ccc(C(F)(F)F)cc3)on2)cc1. The summed E-state index contributed by atoms with van der Waals surface area (Å²) in [7, 11) is 0. The van der Waals surface area contributed by atoms with Crippen molar-refractivity contribution in [1.29, 1.82) is 0 Å². The molecule has 136 valence electrons. The van der Waals surface area contributed by atoms with Gasteiger partial charge in [0.05, 0.1) is 5.56 Å². The molecule has 0 aliphatic rings. The first-order valence-corrected chi connectivity index (χ1v) is 8.10. The number of benzene rings is 2. The summed E-state index contributed by atoms with van der Waals surface area (Å²) in [5, 5.41) is 3.93. The summed E-state index contributed by atoms with van der Waals surface area (Å²) in [6, 6.07) is 13.2. The van der Waals surface area contributed by atoms with Gasteiger partial charge in [-0.2, -0.15) is 13.2 Å². The molecule has 26 heavy (non-hydrogen) atoms. The van der Waals surface area contributed by atoms with Crippen molar-refractivity contribution in [3.63, 3.8) is 0 Å². The van der Waals surface area contributed by atoms with Gasteiger partial charge in [-0.05, 0) is 19.1 Å². The topological polar surface area (TPSA) is 43.1 Å². The van der Waals surface area contributed by atoms with Crippen molar-refractivity contribution in [2.45, 2.75) is 26.9 Å². The van der Waals surface area contributed by atoms with Crippen LogP contribution in [0.5, 0.6) is 0 Å². The molecule has 3 nitrogen and oxygen atoms in total. The number of hydrogen-bond acceptors (Lipinski definition) is 3. The number of alkyl halides is 3. The molecule has 0 amide bonds. The first kappa shape index (κ1) is 19.4. The fraction of sp³-hybridized carbons (Fsp3) is 0.200. The molecule has 0 radical (unpaired) electrons. The van der Waals surface area contributed by atoms with Gasteiger partial charge in [-0.25, -0.2) is 0 Å². The molecule has 1 aromatic heterocycles. The lowest BCUT2D eigenvalue weighted by Gasteiger charge is -2.06. The number of Topliss-reactive ketones (excluding diaryl/α,β-unsaturated/α-hetero) is 1. The van der Waals surface area contributed by atoms with E-state index in [0.717, 1.165) is 17.7 Å². The highest BCUT2D eigenvalue weighted by molar-refractivity contribution is 5.94. The molecule has 1 heterocycles. The Morgan fingerprint density at radius 3 is 1.96 bits per heavy atom. The summed E-state index contributed by atoms with van der Waals surface area (Å²) < 4.78 is 42.9. The third-order valence-electron chi connectivity index (χ3n) is 3.59. The molecule has 3 rings (SSSR count). The van der Waals surface area contributed by atoms with E-state index in [2.05, 4.69) is 5.16 Å². The molecule has 0 fully saturated rings. The van der Waals surface area contributed by atoms with Crippen molar-refractivity contribution >= 4 is 5.78 Å². The lowest BCUT2D eigenvalue weighted by molar-refractivity contribution is -0.137. The summed E-state index contributed by atoms with van der Waals surface area (Å²) in [5.41, 5.74) is 1.67. The van der Waals surface area contributed by atoms with Crippen LogP contribution in [0.25, 0.3) is 22.6 Å². The fourth-order valence-electron chi connectivity index (χ4n) is 2.25. The Kier molecular flexibility index (Phi) is 5.97. The molecule has 0 spiro atoms. The van der Waals surface area contributed by atoms with E-state index in [1.54, 1.807) is 30.3 Å². The predicted molar refractivity (Wildman–Crippen MR) is 93.7 cm³/mol. The summed E-state index contributed by atoms with van der Waals surface area (Å²) in [6.45, 7) is 5.48. The van der Waals surface area contributed by atoms with Gasteiger partial charge in [0, 0.05) is 22.8 Å². The van der Waals surface area contributed by atoms with Gasteiger partial charge in [-0.3, -0.25) is 4.79 Å². The van der Waals surface area contributed by atoms with E-state index in [1.165, 1.54) is 19.1 Å². The predicted octanol–water partition coefficient (Wildman–Crippen LogP) is 6.26. The molecular weight excluding hydrogens is 343 g/mol. The van der Waals surface area contributed by atoms with E-state index in [0.29, 0.717) is 22.6 Å². The molecule has 6 heteroatoms. The zero-order chi connectivity index (χ0) is 19.3. The van der Waals surface area contributed by atoms with Crippen LogP contribution in [0.4, 0.5) is 13.2 Å². The summed E-state index contributed by atoms with van der Waals surface area (Å²) in [4.78, 5) is 11.3. The highest BCUT2D eigenvalue weighted by atomic mass is 19.4. The Bertz CT molecular complexity index is 863. The summed E-state index contributed by atoms with van der Waals surface area (Å²) in [6.07, 6.45) is -4.37. The van der Waals surface area contributed by atoms with E-state index in [9.17, 15) is 18.0 Å². The zero-order valence-electron chi connectivity index (χ0n) is 14.6. The quantitative estimate of drug-likeness (QED) is 0.517. The third kappa shape index (κ3) is 4.39. The Morgan fingerprint density at radius 1 is 0.923 bits per heavy atom. The highest BCUT2D eigenvalue weighted by Crippen LogP contribution is 2.32. The lowest BCUT2D eigenvalue weighted by atomic mass is 10.1.